The maximum atomic E-state index is 6.03. The summed E-state index contributed by atoms with van der Waals surface area (Å²) in [6, 6.07) is 0. The number of aromatic nitrogens is 3. The molecule has 0 bridgehead atoms. The van der Waals surface area contributed by atoms with Gasteiger partial charge in [0.15, 0.2) is 0 Å². The van der Waals surface area contributed by atoms with Gasteiger partial charge in [-0.15, -0.1) is 0 Å². The van der Waals surface area contributed by atoms with Gasteiger partial charge < -0.3 is 11.5 Å². The molecule has 1 aromatic heterocycles. The molecule has 0 spiro atoms. The van der Waals surface area contributed by atoms with Gasteiger partial charge in [-0.1, -0.05) is 6.92 Å². The zero-order valence-corrected chi connectivity index (χ0v) is 14.3. The number of nitrogens with zero attached hydrogens (tertiary/aromatic N) is 4. The second kappa shape index (κ2) is 5.96. The summed E-state index contributed by atoms with van der Waals surface area (Å²) in [7, 11) is 0. The Morgan fingerprint density at radius 2 is 1.55 bits per heavy atom. The lowest BCUT2D eigenvalue weighted by Crippen LogP contribution is -2.60. The Morgan fingerprint density at radius 1 is 1.05 bits per heavy atom. The first-order valence-corrected chi connectivity index (χ1v) is 7.86. The molecule has 0 radical (unpaired) electrons. The lowest BCUT2D eigenvalue weighted by atomic mass is 9.75. The first-order valence-electron chi connectivity index (χ1n) is 7.86. The van der Waals surface area contributed by atoms with Crippen LogP contribution >= 0.6 is 0 Å². The first-order chi connectivity index (χ1) is 10.2. The van der Waals surface area contributed by atoms with Crippen LogP contribution in [-0.4, -0.2) is 37.7 Å². The number of hydroxylamine groups is 2. The molecular weight excluding hydrogens is 280 g/mol. The molecule has 2 heterocycles. The van der Waals surface area contributed by atoms with E-state index in [9.17, 15) is 0 Å². The maximum absolute atomic E-state index is 6.03. The molecule has 2 rings (SSSR count). The van der Waals surface area contributed by atoms with E-state index < -0.39 is 0 Å². The van der Waals surface area contributed by atoms with Crippen LogP contribution in [0.1, 0.15) is 65.6 Å². The van der Waals surface area contributed by atoms with E-state index in [1.165, 1.54) is 0 Å². The molecule has 7 nitrogen and oxygen atoms in total. The van der Waals surface area contributed by atoms with Gasteiger partial charge >= 0.3 is 0 Å². The van der Waals surface area contributed by atoms with Gasteiger partial charge in [0, 0.05) is 17.0 Å². The molecule has 7 heteroatoms. The smallest absolute Gasteiger partial charge is 0.225 e. The third-order valence-electron chi connectivity index (χ3n) is 4.07. The third kappa shape index (κ3) is 3.47. The molecule has 1 aromatic rings. The lowest BCUT2D eigenvalue weighted by molar-refractivity contribution is -0.283. The minimum atomic E-state index is -0.127. The number of hydrogen-bond acceptors (Lipinski definition) is 7. The zero-order chi connectivity index (χ0) is 16.5. The van der Waals surface area contributed by atoms with Crippen LogP contribution < -0.4 is 11.5 Å². The molecule has 0 unspecified atom stereocenters. The highest BCUT2D eigenvalue weighted by atomic mass is 16.7. The lowest BCUT2D eigenvalue weighted by Gasteiger charge is -2.53. The predicted molar refractivity (Wildman–Crippen MR) is 86.9 cm³/mol. The van der Waals surface area contributed by atoms with Crippen molar-refractivity contribution in [1.29, 1.82) is 0 Å². The van der Waals surface area contributed by atoms with Crippen LogP contribution in [0, 0.1) is 0 Å². The minimum Gasteiger partial charge on any atom is -0.368 e. The van der Waals surface area contributed by atoms with Crippen LogP contribution in [0.3, 0.4) is 0 Å². The number of nitrogens with two attached hydrogens (primary N) is 2. The molecular formula is C15H28N6O. The van der Waals surface area contributed by atoms with Crippen molar-refractivity contribution in [2.75, 3.05) is 18.1 Å². The Kier molecular flexibility index (Phi) is 4.58. The van der Waals surface area contributed by atoms with Gasteiger partial charge in [-0.25, -0.2) is 0 Å². The van der Waals surface area contributed by atoms with Crippen molar-refractivity contribution < 1.29 is 4.84 Å². The van der Waals surface area contributed by atoms with Crippen LogP contribution in [-0.2, 0) is 4.84 Å². The third-order valence-corrected chi connectivity index (χ3v) is 4.07. The van der Waals surface area contributed by atoms with Crippen molar-refractivity contribution in [3.63, 3.8) is 0 Å². The Labute approximate surface area is 132 Å². The zero-order valence-electron chi connectivity index (χ0n) is 14.3. The van der Waals surface area contributed by atoms with Gasteiger partial charge in [0.05, 0.1) is 6.61 Å². The van der Waals surface area contributed by atoms with Crippen LogP contribution in [0.5, 0.6) is 0 Å². The highest BCUT2D eigenvalue weighted by Crippen LogP contribution is 2.45. The molecule has 1 aliphatic heterocycles. The van der Waals surface area contributed by atoms with E-state index in [0.717, 1.165) is 25.9 Å². The molecule has 1 fully saturated rings. The number of piperidine rings is 1. The van der Waals surface area contributed by atoms with Crippen molar-refractivity contribution in [3.8, 4) is 0 Å². The van der Waals surface area contributed by atoms with Crippen LogP contribution in [0.2, 0.25) is 0 Å². The normalized spacial score (nSPS) is 21.9. The topological polar surface area (TPSA) is 103 Å². The van der Waals surface area contributed by atoms with E-state index >= 15 is 0 Å². The monoisotopic (exact) mass is 308 g/mol. The Bertz CT molecular complexity index is 493. The number of rotatable bonds is 4. The van der Waals surface area contributed by atoms with E-state index in [0.29, 0.717) is 5.82 Å². The fourth-order valence-corrected chi connectivity index (χ4v) is 3.59. The van der Waals surface area contributed by atoms with Gasteiger partial charge in [-0.3, -0.25) is 4.84 Å². The van der Waals surface area contributed by atoms with Crippen molar-refractivity contribution in [1.82, 2.24) is 20.0 Å². The number of hydrogen-bond donors (Lipinski definition) is 2. The molecule has 1 aliphatic rings. The molecule has 22 heavy (non-hydrogen) atoms. The van der Waals surface area contributed by atoms with Crippen LogP contribution in [0.4, 0.5) is 11.9 Å². The molecule has 0 saturated carbocycles. The first kappa shape index (κ1) is 16.9. The summed E-state index contributed by atoms with van der Waals surface area (Å²) in [6.07, 6.45) is 2.75. The second-order valence-electron chi connectivity index (χ2n) is 7.27. The molecule has 124 valence electrons. The second-order valence-corrected chi connectivity index (χ2v) is 7.27. The minimum absolute atomic E-state index is 0.127. The maximum Gasteiger partial charge on any atom is 0.225 e. The summed E-state index contributed by atoms with van der Waals surface area (Å²) in [5.74, 6) is 1.23. The van der Waals surface area contributed by atoms with E-state index in [1.807, 2.05) is 0 Å². The number of anilines is 2. The van der Waals surface area contributed by atoms with E-state index in [-0.39, 0.29) is 28.9 Å². The van der Waals surface area contributed by atoms with Crippen molar-refractivity contribution >= 4 is 11.9 Å². The summed E-state index contributed by atoms with van der Waals surface area (Å²) >= 11 is 0. The van der Waals surface area contributed by atoms with Crippen LogP contribution in [0.25, 0.3) is 0 Å². The summed E-state index contributed by atoms with van der Waals surface area (Å²) in [5, 5.41) is 2.13. The SMILES string of the molecule is CCCON1C(C)(C)CC(c2nc(N)nc(N)n2)CC1(C)C. The van der Waals surface area contributed by atoms with Crippen molar-refractivity contribution in [3.05, 3.63) is 5.82 Å². The van der Waals surface area contributed by atoms with E-state index in [4.69, 9.17) is 16.3 Å². The molecule has 0 aromatic carbocycles. The van der Waals surface area contributed by atoms with Gasteiger partial charge in [0.2, 0.25) is 11.9 Å². The molecule has 4 N–H and O–H groups in total. The standard InChI is InChI=1S/C15H28N6O/c1-6-7-22-21-14(2,3)8-10(9-15(21,4)5)11-18-12(16)20-13(17)19-11/h10H,6-9H2,1-5H3,(H4,16,17,18,19,20). The average Bonchev–Trinajstić information content (AvgIpc) is 2.35. The fraction of sp³-hybridized carbons (Fsp3) is 0.800. The predicted octanol–water partition coefficient (Wildman–Crippen LogP) is 2.11. The molecule has 0 atom stereocenters. The highest BCUT2D eigenvalue weighted by Gasteiger charge is 2.47. The molecule has 0 aliphatic carbocycles. The summed E-state index contributed by atoms with van der Waals surface area (Å²) in [5.41, 5.74) is 11.2. The Hall–Kier alpha value is -1.47. The Balaban J connectivity index is 2.28. The fourth-order valence-electron chi connectivity index (χ4n) is 3.59. The summed E-state index contributed by atoms with van der Waals surface area (Å²) < 4.78 is 0. The van der Waals surface area contributed by atoms with Gasteiger partial charge in [-0.2, -0.15) is 20.0 Å². The van der Waals surface area contributed by atoms with Crippen LogP contribution in [0.15, 0.2) is 0 Å². The summed E-state index contributed by atoms with van der Waals surface area (Å²) in [6.45, 7) is 11.6. The van der Waals surface area contributed by atoms with E-state index in [1.54, 1.807) is 0 Å². The van der Waals surface area contributed by atoms with Gasteiger partial charge in [0.25, 0.3) is 0 Å². The van der Waals surface area contributed by atoms with Gasteiger partial charge in [-0.05, 0) is 47.0 Å². The Morgan fingerprint density at radius 3 is 2.00 bits per heavy atom. The quantitative estimate of drug-likeness (QED) is 0.878. The van der Waals surface area contributed by atoms with Gasteiger partial charge in [0.1, 0.15) is 5.82 Å². The molecule has 1 saturated heterocycles. The van der Waals surface area contributed by atoms with E-state index in [2.05, 4.69) is 54.6 Å². The van der Waals surface area contributed by atoms with Crippen molar-refractivity contribution in [2.24, 2.45) is 0 Å². The highest BCUT2D eigenvalue weighted by molar-refractivity contribution is 5.27. The molecule has 0 amide bonds. The average molecular weight is 308 g/mol. The van der Waals surface area contributed by atoms with Crippen molar-refractivity contribution in [2.45, 2.75) is 70.9 Å². The summed E-state index contributed by atoms with van der Waals surface area (Å²) in [4.78, 5) is 18.5. The largest absolute Gasteiger partial charge is 0.368 e. The number of nitrogen functional groups attached to an aromatic ring is 2.